The molecule has 0 N–H and O–H groups in total. The third-order valence-electron chi connectivity index (χ3n) is 5.45. The summed E-state index contributed by atoms with van der Waals surface area (Å²) in [5.74, 6) is 1.87. The summed E-state index contributed by atoms with van der Waals surface area (Å²) < 4.78 is 0. The van der Waals surface area contributed by atoms with Gasteiger partial charge in [-0.05, 0) is 50.0 Å². The van der Waals surface area contributed by atoms with Crippen molar-refractivity contribution in [2.45, 2.75) is 51.9 Å². The molecule has 3 rings (SSSR count). The average Bonchev–Trinajstić information content (AvgIpc) is 2.67. The summed E-state index contributed by atoms with van der Waals surface area (Å²) >= 11 is 0. The van der Waals surface area contributed by atoms with E-state index in [1.54, 1.807) is 0 Å². The van der Waals surface area contributed by atoms with Gasteiger partial charge in [-0.15, -0.1) is 0 Å². The maximum absolute atomic E-state index is 12.2. The standard InChI is InChI=1S/C15H20O2/c1-2-15-8-7-10-9-11(16)3-4-12(10)13(15)5-6-14(15)17/h9,12-13H,2-8H2,1H3/t12-,13+,15+/m1/s1. The number of ketones is 2. The first-order valence-corrected chi connectivity index (χ1v) is 6.94. The number of carbonyl (C=O) groups is 2. The number of hydrogen-bond acceptors (Lipinski definition) is 2. The molecule has 17 heavy (non-hydrogen) atoms. The van der Waals surface area contributed by atoms with Gasteiger partial charge in [0.05, 0.1) is 0 Å². The molecular weight excluding hydrogens is 212 g/mol. The molecule has 3 aliphatic rings. The molecule has 0 aromatic carbocycles. The van der Waals surface area contributed by atoms with Gasteiger partial charge < -0.3 is 0 Å². The SMILES string of the molecule is CC[C@]12CCC3=CC(=O)CC[C@H]3[C@@H]1CCC2=O. The minimum atomic E-state index is -0.0254. The molecule has 2 saturated carbocycles. The molecule has 3 aliphatic carbocycles. The van der Waals surface area contributed by atoms with Crippen LogP contribution in [0.15, 0.2) is 11.6 Å². The first-order valence-electron chi connectivity index (χ1n) is 6.94. The van der Waals surface area contributed by atoms with Crippen LogP contribution in [0, 0.1) is 17.3 Å². The quantitative estimate of drug-likeness (QED) is 0.696. The molecule has 0 unspecified atom stereocenters. The molecule has 2 fully saturated rings. The predicted molar refractivity (Wildman–Crippen MR) is 65.5 cm³/mol. The number of Topliss-reactive ketones (excluding diaryl/α,β-unsaturated/α-hetero) is 1. The van der Waals surface area contributed by atoms with Crippen LogP contribution in [0.2, 0.25) is 0 Å². The van der Waals surface area contributed by atoms with E-state index in [9.17, 15) is 9.59 Å². The lowest BCUT2D eigenvalue weighted by atomic mass is 9.58. The van der Waals surface area contributed by atoms with Crippen molar-refractivity contribution in [1.29, 1.82) is 0 Å². The molecule has 0 aromatic heterocycles. The zero-order chi connectivity index (χ0) is 12.0. The molecule has 0 bridgehead atoms. The van der Waals surface area contributed by atoms with E-state index in [2.05, 4.69) is 6.92 Å². The molecule has 0 saturated heterocycles. The second kappa shape index (κ2) is 3.79. The summed E-state index contributed by atoms with van der Waals surface area (Å²) in [4.78, 5) is 23.7. The van der Waals surface area contributed by atoms with E-state index >= 15 is 0 Å². The second-order valence-corrected chi connectivity index (χ2v) is 5.91. The largest absolute Gasteiger partial charge is 0.299 e. The molecule has 0 spiro atoms. The van der Waals surface area contributed by atoms with Gasteiger partial charge in [-0.3, -0.25) is 9.59 Å². The number of fused-ring (bicyclic) bond motifs is 3. The van der Waals surface area contributed by atoms with Crippen molar-refractivity contribution in [2.75, 3.05) is 0 Å². The highest BCUT2D eigenvalue weighted by Crippen LogP contribution is 2.57. The molecule has 0 aromatic rings. The Morgan fingerprint density at radius 3 is 2.82 bits per heavy atom. The maximum Gasteiger partial charge on any atom is 0.155 e. The third-order valence-corrected chi connectivity index (χ3v) is 5.45. The van der Waals surface area contributed by atoms with E-state index in [1.165, 1.54) is 5.57 Å². The molecule has 0 aliphatic heterocycles. The Balaban J connectivity index is 1.97. The van der Waals surface area contributed by atoms with Gasteiger partial charge in [0, 0.05) is 18.3 Å². The Bertz CT molecular complexity index is 407. The summed E-state index contributed by atoms with van der Waals surface area (Å²) in [6.45, 7) is 2.17. The van der Waals surface area contributed by atoms with E-state index in [4.69, 9.17) is 0 Å². The smallest absolute Gasteiger partial charge is 0.155 e. The summed E-state index contributed by atoms with van der Waals surface area (Å²) in [6.07, 6.45) is 8.36. The highest BCUT2D eigenvalue weighted by molar-refractivity contribution is 5.92. The van der Waals surface area contributed by atoms with Crippen molar-refractivity contribution in [3.05, 3.63) is 11.6 Å². The number of hydrogen-bond donors (Lipinski definition) is 0. The minimum Gasteiger partial charge on any atom is -0.299 e. The van der Waals surface area contributed by atoms with Crippen molar-refractivity contribution >= 4 is 11.6 Å². The molecule has 3 atom stereocenters. The maximum atomic E-state index is 12.2. The fraction of sp³-hybridized carbons (Fsp3) is 0.733. The summed E-state index contributed by atoms with van der Waals surface area (Å²) in [5.41, 5.74) is 1.33. The highest BCUT2D eigenvalue weighted by atomic mass is 16.1. The summed E-state index contributed by atoms with van der Waals surface area (Å²) in [5, 5.41) is 0. The minimum absolute atomic E-state index is 0.0254. The van der Waals surface area contributed by atoms with Crippen LogP contribution in [0.25, 0.3) is 0 Å². The number of rotatable bonds is 1. The van der Waals surface area contributed by atoms with Gasteiger partial charge in [0.1, 0.15) is 5.78 Å². The number of allylic oxidation sites excluding steroid dienone is 2. The lowest BCUT2D eigenvalue weighted by molar-refractivity contribution is -0.129. The first kappa shape index (κ1) is 11.2. The molecule has 92 valence electrons. The van der Waals surface area contributed by atoms with Crippen LogP contribution in [0.1, 0.15) is 51.9 Å². The molecule has 0 radical (unpaired) electrons. The van der Waals surface area contributed by atoms with Gasteiger partial charge >= 0.3 is 0 Å². The van der Waals surface area contributed by atoms with Crippen LogP contribution in [-0.4, -0.2) is 11.6 Å². The Labute approximate surface area is 102 Å². The van der Waals surface area contributed by atoms with Crippen LogP contribution in [0.3, 0.4) is 0 Å². The molecular formula is C15H20O2. The monoisotopic (exact) mass is 232 g/mol. The summed E-state index contributed by atoms with van der Waals surface area (Å²) in [7, 11) is 0. The zero-order valence-corrected chi connectivity index (χ0v) is 10.5. The second-order valence-electron chi connectivity index (χ2n) is 5.91. The van der Waals surface area contributed by atoms with Crippen molar-refractivity contribution in [3.63, 3.8) is 0 Å². The van der Waals surface area contributed by atoms with Gasteiger partial charge in [-0.1, -0.05) is 12.5 Å². The lowest BCUT2D eigenvalue weighted by Crippen LogP contribution is -2.41. The lowest BCUT2D eigenvalue weighted by Gasteiger charge is -2.45. The van der Waals surface area contributed by atoms with Gasteiger partial charge in [-0.2, -0.15) is 0 Å². The van der Waals surface area contributed by atoms with Crippen LogP contribution < -0.4 is 0 Å². The molecule has 2 heteroatoms. The normalized spacial score (nSPS) is 40.9. The van der Waals surface area contributed by atoms with Crippen molar-refractivity contribution in [3.8, 4) is 0 Å². The van der Waals surface area contributed by atoms with Crippen LogP contribution in [0.4, 0.5) is 0 Å². The van der Waals surface area contributed by atoms with E-state index in [0.717, 1.165) is 38.5 Å². The fourth-order valence-corrected chi connectivity index (χ4v) is 4.52. The Hall–Kier alpha value is -0.920. The average molecular weight is 232 g/mol. The summed E-state index contributed by atoms with van der Waals surface area (Å²) in [6, 6.07) is 0. The molecule has 0 heterocycles. The third kappa shape index (κ3) is 1.46. The molecule has 2 nitrogen and oxygen atoms in total. The van der Waals surface area contributed by atoms with E-state index in [1.807, 2.05) is 6.08 Å². The van der Waals surface area contributed by atoms with E-state index in [-0.39, 0.29) is 5.41 Å². The van der Waals surface area contributed by atoms with E-state index in [0.29, 0.717) is 29.8 Å². The van der Waals surface area contributed by atoms with Crippen molar-refractivity contribution in [1.82, 2.24) is 0 Å². The van der Waals surface area contributed by atoms with Gasteiger partial charge in [0.2, 0.25) is 0 Å². The van der Waals surface area contributed by atoms with Crippen molar-refractivity contribution in [2.24, 2.45) is 17.3 Å². The van der Waals surface area contributed by atoms with E-state index < -0.39 is 0 Å². The van der Waals surface area contributed by atoms with Crippen LogP contribution >= 0.6 is 0 Å². The van der Waals surface area contributed by atoms with Gasteiger partial charge in [0.25, 0.3) is 0 Å². The highest BCUT2D eigenvalue weighted by Gasteiger charge is 2.54. The zero-order valence-electron chi connectivity index (χ0n) is 10.5. The predicted octanol–water partition coefficient (Wildman–Crippen LogP) is 3.06. The van der Waals surface area contributed by atoms with Crippen molar-refractivity contribution < 1.29 is 9.59 Å². The fourth-order valence-electron chi connectivity index (χ4n) is 4.52. The topological polar surface area (TPSA) is 34.1 Å². The Morgan fingerprint density at radius 1 is 1.24 bits per heavy atom. The van der Waals surface area contributed by atoms with Gasteiger partial charge in [-0.25, -0.2) is 0 Å². The number of carbonyl (C=O) groups excluding carboxylic acids is 2. The first-order chi connectivity index (χ1) is 8.17. The van der Waals surface area contributed by atoms with Gasteiger partial charge in [0.15, 0.2) is 5.78 Å². The van der Waals surface area contributed by atoms with Crippen LogP contribution in [-0.2, 0) is 9.59 Å². The Kier molecular flexibility index (Phi) is 2.49. The Morgan fingerprint density at radius 2 is 2.06 bits per heavy atom. The van der Waals surface area contributed by atoms with Crippen LogP contribution in [0.5, 0.6) is 0 Å². The molecule has 0 amide bonds.